The first-order chi connectivity index (χ1) is 18.4. The highest BCUT2D eigenvalue weighted by Gasteiger charge is 2.41. The van der Waals surface area contributed by atoms with Crippen molar-refractivity contribution >= 4 is 25.3 Å². The molecule has 38 heavy (non-hydrogen) atoms. The third-order valence-corrected chi connectivity index (χ3v) is 6.89. The number of para-hydroxylation sites is 2. The first kappa shape index (κ1) is 28.1. The highest BCUT2D eigenvalue weighted by Crippen LogP contribution is 2.53. The summed E-state index contributed by atoms with van der Waals surface area (Å²) >= 11 is 0. The number of rotatable bonds is 13. The number of hydrogen-bond donors (Lipinski definition) is 3. The van der Waals surface area contributed by atoms with Crippen molar-refractivity contribution < 1.29 is 27.9 Å². The molecule has 0 spiro atoms. The number of carbonyl (C=O) groups is 1. The summed E-state index contributed by atoms with van der Waals surface area (Å²) in [6.45, 7) is 0.137. The van der Waals surface area contributed by atoms with Gasteiger partial charge in [0.2, 0.25) is 0 Å². The normalized spacial score (nSPS) is 11.4. The summed E-state index contributed by atoms with van der Waals surface area (Å²) in [5.74, 6) is 1.71. The van der Waals surface area contributed by atoms with Gasteiger partial charge < -0.3 is 35.3 Å². The van der Waals surface area contributed by atoms with E-state index in [0.717, 1.165) is 0 Å². The van der Waals surface area contributed by atoms with Crippen LogP contribution in [0.5, 0.6) is 11.5 Å². The van der Waals surface area contributed by atoms with Crippen LogP contribution in [0.15, 0.2) is 89.9 Å². The van der Waals surface area contributed by atoms with Gasteiger partial charge in [0.25, 0.3) is 0 Å². The van der Waals surface area contributed by atoms with E-state index < -0.39 is 19.5 Å². The molecule has 10 nitrogen and oxygen atoms in total. The molecule has 11 heteroatoms. The lowest BCUT2D eigenvalue weighted by Crippen LogP contribution is -2.39. The van der Waals surface area contributed by atoms with Crippen molar-refractivity contribution in [3.8, 4) is 23.8 Å². The number of alkyl carbamates (subject to hydrolysis) is 1. The minimum atomic E-state index is -4.11. The number of terminal acetylenes is 1. The monoisotopic (exact) mass is 536 g/mol. The SMILES string of the molecule is C#CCOCCOC(=O)NC(Cc1ccc(N=C(N)N)cc1)P(=O)(Oc1ccccc1)Oc1ccccc1. The van der Waals surface area contributed by atoms with Gasteiger partial charge in [-0.1, -0.05) is 54.5 Å². The molecular formula is C27H29N4O6P. The number of amides is 1. The molecule has 198 valence electrons. The summed E-state index contributed by atoms with van der Waals surface area (Å²) < 4.78 is 36.6. The number of carbonyl (C=O) groups excluding carboxylic acids is 1. The Morgan fingerprint density at radius 1 is 0.921 bits per heavy atom. The van der Waals surface area contributed by atoms with Gasteiger partial charge in [-0.05, 0) is 42.0 Å². The molecule has 0 aliphatic carbocycles. The lowest BCUT2D eigenvalue weighted by atomic mass is 10.1. The predicted molar refractivity (Wildman–Crippen MR) is 145 cm³/mol. The van der Waals surface area contributed by atoms with E-state index in [0.29, 0.717) is 22.7 Å². The zero-order valence-electron chi connectivity index (χ0n) is 20.6. The topological polar surface area (TPSA) is 147 Å². The molecule has 3 aromatic rings. The number of hydrogen-bond acceptors (Lipinski definition) is 7. The van der Waals surface area contributed by atoms with Gasteiger partial charge in [-0.15, -0.1) is 6.42 Å². The fraction of sp³-hybridized carbons (Fsp3) is 0.185. The lowest BCUT2D eigenvalue weighted by Gasteiger charge is -2.28. The molecule has 0 fully saturated rings. The first-order valence-electron chi connectivity index (χ1n) is 11.6. The second-order valence-electron chi connectivity index (χ2n) is 7.81. The molecule has 1 unspecified atom stereocenters. The van der Waals surface area contributed by atoms with E-state index >= 15 is 0 Å². The van der Waals surface area contributed by atoms with Crippen molar-refractivity contribution in [3.63, 3.8) is 0 Å². The first-order valence-corrected chi connectivity index (χ1v) is 13.2. The van der Waals surface area contributed by atoms with Crippen LogP contribution in [0.4, 0.5) is 10.5 Å². The van der Waals surface area contributed by atoms with Crippen molar-refractivity contribution in [1.29, 1.82) is 0 Å². The highest BCUT2D eigenvalue weighted by atomic mass is 31.2. The summed E-state index contributed by atoms with van der Waals surface area (Å²) in [6, 6.07) is 24.0. The van der Waals surface area contributed by atoms with Gasteiger partial charge in [0, 0.05) is 6.42 Å². The smallest absolute Gasteiger partial charge is 0.447 e. The quantitative estimate of drug-likeness (QED) is 0.0969. The average Bonchev–Trinajstić information content (AvgIpc) is 2.90. The van der Waals surface area contributed by atoms with E-state index in [4.69, 9.17) is 36.4 Å². The van der Waals surface area contributed by atoms with Crippen molar-refractivity contribution in [3.05, 3.63) is 90.5 Å². The minimum Gasteiger partial charge on any atom is -0.447 e. The van der Waals surface area contributed by atoms with Crippen LogP contribution in [-0.2, 0) is 20.5 Å². The zero-order valence-corrected chi connectivity index (χ0v) is 21.5. The van der Waals surface area contributed by atoms with Crippen LogP contribution in [0, 0.1) is 12.3 Å². The number of benzene rings is 3. The van der Waals surface area contributed by atoms with Gasteiger partial charge in [0.15, 0.2) is 11.7 Å². The van der Waals surface area contributed by atoms with Gasteiger partial charge in [0.05, 0.1) is 12.3 Å². The Balaban J connectivity index is 1.90. The van der Waals surface area contributed by atoms with Crippen LogP contribution >= 0.6 is 7.60 Å². The van der Waals surface area contributed by atoms with Crippen LogP contribution in [-0.4, -0.2) is 37.7 Å². The van der Waals surface area contributed by atoms with E-state index in [1.54, 1.807) is 84.9 Å². The number of nitrogens with two attached hydrogens (primary N) is 2. The Bertz CT molecular complexity index is 1230. The molecule has 1 atom stereocenters. The molecule has 0 bridgehead atoms. The fourth-order valence-electron chi connectivity index (χ4n) is 3.23. The summed E-state index contributed by atoms with van der Waals surface area (Å²) in [7, 11) is -4.11. The number of guanidine groups is 1. The third kappa shape index (κ3) is 9.21. The average molecular weight is 537 g/mol. The van der Waals surface area contributed by atoms with Crippen molar-refractivity contribution in [1.82, 2.24) is 5.32 Å². The van der Waals surface area contributed by atoms with Crippen LogP contribution < -0.4 is 25.8 Å². The highest BCUT2D eigenvalue weighted by molar-refractivity contribution is 7.55. The summed E-state index contributed by atoms with van der Waals surface area (Å²) in [5, 5.41) is 2.65. The molecule has 0 aliphatic rings. The van der Waals surface area contributed by atoms with Gasteiger partial charge in [-0.3, -0.25) is 0 Å². The van der Waals surface area contributed by atoms with Gasteiger partial charge in [-0.2, -0.15) is 0 Å². The van der Waals surface area contributed by atoms with E-state index in [9.17, 15) is 9.36 Å². The molecule has 0 aromatic heterocycles. The zero-order chi connectivity index (χ0) is 27.2. The molecule has 3 rings (SSSR count). The Labute approximate surface area is 221 Å². The van der Waals surface area contributed by atoms with Crippen LogP contribution in [0.2, 0.25) is 0 Å². The molecule has 1 amide bonds. The minimum absolute atomic E-state index is 0.0587. The standard InChI is InChI=1S/C27H29N4O6P/c1-2-17-34-18-19-35-27(32)31-25(20-21-13-15-22(16-14-21)30-26(28)29)38(33,36-23-9-5-3-6-10-23)37-24-11-7-4-8-12-24/h1,3-16,25H,17-20H2,(H,31,32)(H4,28,29,30). The summed E-state index contributed by atoms with van der Waals surface area (Å²) in [4.78, 5) is 16.7. The van der Waals surface area contributed by atoms with Crippen molar-refractivity contribution in [2.24, 2.45) is 16.5 Å². The van der Waals surface area contributed by atoms with Crippen LogP contribution in [0.3, 0.4) is 0 Å². The number of nitrogens with one attached hydrogen (secondary N) is 1. The summed E-state index contributed by atoms with van der Waals surface area (Å²) in [6.07, 6.45) is 4.39. The second kappa shape index (κ2) is 14.3. The number of aliphatic imine (C=N–C) groups is 1. The van der Waals surface area contributed by atoms with E-state index in [1.807, 2.05) is 0 Å². The van der Waals surface area contributed by atoms with E-state index in [-0.39, 0.29) is 32.2 Å². The van der Waals surface area contributed by atoms with Crippen LogP contribution in [0.25, 0.3) is 0 Å². The Morgan fingerprint density at radius 2 is 1.50 bits per heavy atom. The Hall–Kier alpha value is -4.45. The molecule has 0 aliphatic heterocycles. The molecule has 0 radical (unpaired) electrons. The molecule has 0 heterocycles. The van der Waals surface area contributed by atoms with E-state index in [1.165, 1.54) is 0 Å². The predicted octanol–water partition coefficient (Wildman–Crippen LogP) is 4.19. The molecule has 0 saturated heterocycles. The third-order valence-electron chi connectivity index (χ3n) is 4.89. The lowest BCUT2D eigenvalue weighted by molar-refractivity contribution is 0.0863. The molecule has 5 N–H and O–H groups in total. The second-order valence-corrected chi connectivity index (χ2v) is 9.88. The Kier molecular flexibility index (Phi) is 10.6. The van der Waals surface area contributed by atoms with Crippen LogP contribution in [0.1, 0.15) is 5.56 Å². The molecular weight excluding hydrogens is 507 g/mol. The fourth-order valence-corrected chi connectivity index (χ4v) is 5.05. The van der Waals surface area contributed by atoms with E-state index in [2.05, 4.69) is 16.2 Å². The number of nitrogens with zero attached hydrogens (tertiary/aromatic N) is 1. The van der Waals surface area contributed by atoms with Gasteiger partial charge >= 0.3 is 13.7 Å². The Morgan fingerprint density at radius 3 is 2.03 bits per heavy atom. The molecule has 3 aromatic carbocycles. The van der Waals surface area contributed by atoms with Crippen molar-refractivity contribution in [2.75, 3.05) is 19.8 Å². The van der Waals surface area contributed by atoms with Gasteiger partial charge in [0.1, 0.15) is 24.7 Å². The maximum absolute atomic E-state index is 14.4. The van der Waals surface area contributed by atoms with Gasteiger partial charge in [-0.25, -0.2) is 14.4 Å². The maximum Gasteiger partial charge on any atom is 0.453 e. The maximum atomic E-state index is 14.4. The van der Waals surface area contributed by atoms with Crippen molar-refractivity contribution in [2.45, 2.75) is 12.2 Å². The summed E-state index contributed by atoms with van der Waals surface area (Å²) in [5.41, 5.74) is 12.1. The molecule has 0 saturated carbocycles. The largest absolute Gasteiger partial charge is 0.453 e. The number of ether oxygens (including phenoxy) is 2.